The van der Waals surface area contributed by atoms with E-state index in [1.165, 1.54) is 25.7 Å². The van der Waals surface area contributed by atoms with Crippen LogP contribution in [0.15, 0.2) is 0 Å². The Morgan fingerprint density at radius 3 is 1.29 bits per heavy atom. The largest absolute Gasteiger partial charge is 0.166 e. The molecule has 0 nitrogen and oxygen atoms in total. The first kappa shape index (κ1) is 17.5. The van der Waals surface area contributed by atoms with Gasteiger partial charge in [-0.3, -0.25) is 0 Å². The molecule has 17 heavy (non-hydrogen) atoms. The van der Waals surface area contributed by atoms with Gasteiger partial charge < -0.3 is 0 Å². The van der Waals surface area contributed by atoms with Gasteiger partial charge in [-0.05, 0) is 46.8 Å². The molecule has 0 radical (unpaired) electrons. The third-order valence-electron chi connectivity index (χ3n) is 3.67. The van der Waals surface area contributed by atoms with Crippen LogP contribution in [0.5, 0.6) is 0 Å². The van der Waals surface area contributed by atoms with E-state index in [-0.39, 0.29) is 0 Å². The van der Waals surface area contributed by atoms with Crippen molar-refractivity contribution in [1.82, 2.24) is 0 Å². The van der Waals surface area contributed by atoms with Crippen LogP contribution in [0.25, 0.3) is 0 Å². The Bertz CT molecular complexity index is 196. The lowest BCUT2D eigenvalue weighted by molar-refractivity contribution is 0.506. The first-order valence-electron chi connectivity index (χ1n) is 7.36. The second-order valence-corrected chi connectivity index (χ2v) is 9.08. The van der Waals surface area contributed by atoms with E-state index in [2.05, 4.69) is 69.0 Å². The quantitative estimate of drug-likeness (QED) is 0.599. The van der Waals surface area contributed by atoms with Gasteiger partial charge in [0.1, 0.15) is 15.7 Å². The van der Waals surface area contributed by atoms with Gasteiger partial charge in [-0.1, -0.05) is 41.5 Å². The Hall–Kier alpha value is 0.480. The summed E-state index contributed by atoms with van der Waals surface area (Å²) in [6.45, 7) is 14.1. The third-order valence-corrected chi connectivity index (χ3v) is 5.56. The molecule has 0 rings (SSSR count). The molecule has 100 valence electrons. The topological polar surface area (TPSA) is 0 Å². The lowest BCUT2D eigenvalue weighted by Crippen LogP contribution is -2.37. The van der Waals surface area contributed by atoms with Crippen LogP contribution < -0.4 is 0 Å². The molecule has 0 bridgehead atoms. The van der Waals surface area contributed by atoms with E-state index in [0.717, 1.165) is 11.8 Å². The van der Waals surface area contributed by atoms with Gasteiger partial charge in [0.15, 0.2) is 0 Å². The van der Waals surface area contributed by atoms with E-state index in [0.29, 0.717) is 9.29 Å². The highest BCUT2D eigenvalue weighted by Gasteiger charge is 2.34. The molecule has 0 heterocycles. The summed E-state index contributed by atoms with van der Waals surface area (Å²) in [6.07, 6.45) is 5.23. The first-order chi connectivity index (χ1) is 7.66. The van der Waals surface area contributed by atoms with Crippen molar-refractivity contribution in [1.29, 1.82) is 0 Å². The maximum atomic E-state index is 2.46. The fourth-order valence-corrected chi connectivity index (χ4v) is 5.15. The SMILES string of the molecule is BC(CC)(CC(C)C)SC(B)(CC)CC(C)C. The van der Waals surface area contributed by atoms with Crippen molar-refractivity contribution in [2.45, 2.75) is 76.5 Å². The summed E-state index contributed by atoms with van der Waals surface area (Å²) in [5.41, 5.74) is 0. The van der Waals surface area contributed by atoms with E-state index < -0.39 is 0 Å². The molecule has 0 aromatic carbocycles. The number of hydrogen-bond donors (Lipinski definition) is 0. The summed E-state index contributed by atoms with van der Waals surface area (Å²) in [7, 11) is 4.93. The monoisotopic (exact) mass is 254 g/mol. The molecule has 0 aliphatic rings. The van der Waals surface area contributed by atoms with Gasteiger partial charge >= 0.3 is 0 Å². The molecule has 0 N–H and O–H groups in total. The minimum atomic E-state index is 0.452. The molecule has 0 saturated heterocycles. The lowest BCUT2D eigenvalue weighted by Gasteiger charge is -2.41. The number of hydrogen-bond acceptors (Lipinski definition) is 1. The zero-order valence-electron chi connectivity index (χ0n) is 13.4. The fraction of sp³-hybridized carbons (Fsp3) is 1.00. The van der Waals surface area contributed by atoms with E-state index in [1.807, 2.05) is 0 Å². The zero-order valence-corrected chi connectivity index (χ0v) is 14.2. The van der Waals surface area contributed by atoms with Crippen molar-refractivity contribution >= 4 is 27.5 Å². The van der Waals surface area contributed by atoms with E-state index >= 15 is 0 Å². The molecular weight excluding hydrogens is 222 g/mol. The molecule has 0 aliphatic heterocycles. The molecule has 2 unspecified atom stereocenters. The van der Waals surface area contributed by atoms with Crippen molar-refractivity contribution < 1.29 is 0 Å². The minimum Gasteiger partial charge on any atom is -0.166 e. The predicted molar refractivity (Wildman–Crippen MR) is 89.6 cm³/mol. The van der Waals surface area contributed by atoms with Crippen LogP contribution >= 0.6 is 11.8 Å². The summed E-state index contributed by atoms with van der Waals surface area (Å²) in [5.74, 6) is 1.60. The van der Waals surface area contributed by atoms with Crippen molar-refractivity contribution in [3.05, 3.63) is 0 Å². The summed E-state index contributed by atoms with van der Waals surface area (Å²) in [5, 5.41) is 0. The van der Waals surface area contributed by atoms with Gasteiger partial charge in [0.05, 0.1) is 0 Å². The van der Waals surface area contributed by atoms with Gasteiger partial charge in [0, 0.05) is 0 Å². The van der Waals surface area contributed by atoms with Crippen LogP contribution in [0.3, 0.4) is 0 Å². The number of thioether (sulfide) groups is 1. The van der Waals surface area contributed by atoms with Crippen molar-refractivity contribution in [3.8, 4) is 0 Å². The molecule has 0 aliphatic carbocycles. The molecule has 0 fully saturated rings. The summed E-state index contributed by atoms with van der Waals surface area (Å²) in [4.78, 5) is 0. The van der Waals surface area contributed by atoms with Gasteiger partial charge in [0.2, 0.25) is 0 Å². The number of rotatable bonds is 8. The third kappa shape index (κ3) is 6.84. The Balaban J connectivity index is 4.70. The predicted octanol–water partition coefficient (Wildman–Crippen LogP) is 3.29. The molecular formula is C14H32B2S. The highest BCUT2D eigenvalue weighted by molar-refractivity contribution is 8.04. The highest BCUT2D eigenvalue weighted by atomic mass is 32.2. The molecule has 0 saturated carbocycles. The summed E-state index contributed by atoms with van der Waals surface area (Å²) < 4.78 is 0.904. The molecule has 0 aromatic heterocycles. The van der Waals surface area contributed by atoms with Crippen LogP contribution in [-0.2, 0) is 0 Å². The standard InChI is InChI=1S/C14H32B2S/c1-7-13(15,9-11(3)4)17-14(16,8-2)10-12(5)6/h11-12H,7-10,15-16H2,1-6H3. The van der Waals surface area contributed by atoms with Crippen molar-refractivity contribution in [2.24, 2.45) is 11.8 Å². The van der Waals surface area contributed by atoms with E-state index in [1.54, 1.807) is 0 Å². The molecule has 0 aromatic rings. The van der Waals surface area contributed by atoms with Crippen LogP contribution in [0.1, 0.15) is 67.2 Å². The maximum absolute atomic E-state index is 2.46. The van der Waals surface area contributed by atoms with Crippen LogP contribution in [0.4, 0.5) is 0 Å². The zero-order chi connectivity index (χ0) is 13.7. The molecule has 3 heteroatoms. The maximum Gasteiger partial charge on any atom is 0.122 e. The van der Waals surface area contributed by atoms with Gasteiger partial charge in [-0.15, -0.1) is 0 Å². The van der Waals surface area contributed by atoms with Crippen molar-refractivity contribution in [3.63, 3.8) is 0 Å². The summed E-state index contributed by atoms with van der Waals surface area (Å²) >= 11 is 2.25. The van der Waals surface area contributed by atoms with E-state index in [4.69, 9.17) is 0 Å². The van der Waals surface area contributed by atoms with Crippen molar-refractivity contribution in [2.75, 3.05) is 0 Å². The Kier molecular flexibility index (Phi) is 7.37. The van der Waals surface area contributed by atoms with Gasteiger partial charge in [-0.25, -0.2) is 0 Å². The average Bonchev–Trinajstić information content (AvgIpc) is 2.15. The minimum absolute atomic E-state index is 0.452. The van der Waals surface area contributed by atoms with Crippen LogP contribution in [-0.4, -0.2) is 25.0 Å². The summed E-state index contributed by atoms with van der Waals surface area (Å²) in [6, 6.07) is 0. The Morgan fingerprint density at radius 2 is 1.12 bits per heavy atom. The smallest absolute Gasteiger partial charge is 0.122 e. The molecule has 0 spiro atoms. The van der Waals surface area contributed by atoms with Crippen LogP contribution in [0, 0.1) is 11.8 Å². The second-order valence-electron chi connectivity index (χ2n) is 6.90. The fourth-order valence-electron chi connectivity index (χ4n) is 2.84. The lowest BCUT2D eigenvalue weighted by atomic mass is 9.76. The Labute approximate surface area is 116 Å². The van der Waals surface area contributed by atoms with Crippen LogP contribution in [0.2, 0.25) is 0 Å². The first-order valence-corrected chi connectivity index (χ1v) is 8.18. The van der Waals surface area contributed by atoms with Gasteiger partial charge in [-0.2, -0.15) is 11.8 Å². The molecule has 0 amide bonds. The Morgan fingerprint density at radius 1 is 0.824 bits per heavy atom. The highest BCUT2D eigenvalue weighted by Crippen LogP contribution is 2.44. The molecule has 2 atom stereocenters. The average molecular weight is 254 g/mol. The van der Waals surface area contributed by atoms with E-state index in [9.17, 15) is 0 Å². The normalized spacial score (nSPS) is 19.3. The second kappa shape index (κ2) is 7.16. The van der Waals surface area contributed by atoms with Gasteiger partial charge in [0.25, 0.3) is 0 Å².